The van der Waals surface area contributed by atoms with Gasteiger partial charge in [0, 0.05) is 17.2 Å². The Labute approximate surface area is 248 Å². The van der Waals surface area contributed by atoms with Gasteiger partial charge in [0.2, 0.25) is 11.1 Å². The van der Waals surface area contributed by atoms with Gasteiger partial charge in [-0.25, -0.2) is 14.3 Å². The molecule has 1 saturated heterocycles. The molecule has 1 unspecified atom stereocenters. The first kappa shape index (κ1) is 31.3. The van der Waals surface area contributed by atoms with E-state index in [1.807, 2.05) is 0 Å². The van der Waals surface area contributed by atoms with Gasteiger partial charge in [-0.2, -0.15) is 8.42 Å². The molecule has 42 heavy (non-hydrogen) atoms. The van der Waals surface area contributed by atoms with Crippen LogP contribution in [0.4, 0.5) is 10.5 Å². The van der Waals surface area contributed by atoms with E-state index in [1.165, 1.54) is 11.8 Å². The van der Waals surface area contributed by atoms with E-state index >= 15 is 0 Å². The lowest BCUT2D eigenvalue weighted by Gasteiger charge is -2.49. The Morgan fingerprint density at radius 3 is 2.62 bits per heavy atom. The van der Waals surface area contributed by atoms with Gasteiger partial charge in [-0.15, -0.1) is 16.9 Å². The molecule has 0 bridgehead atoms. The summed E-state index contributed by atoms with van der Waals surface area (Å²) in [5, 5.41) is 25.1. The molecule has 2 aromatic rings. The van der Waals surface area contributed by atoms with Crippen LogP contribution >= 0.6 is 23.5 Å². The van der Waals surface area contributed by atoms with Gasteiger partial charge >= 0.3 is 12.1 Å². The second kappa shape index (κ2) is 12.3. The number of nitrogens with one attached hydrogen (secondary N) is 2. The summed E-state index contributed by atoms with van der Waals surface area (Å²) in [5.41, 5.74) is 0.281. The molecule has 19 heteroatoms. The number of para-hydroxylation sites is 1. The number of carboxylic acid groups (broad SMARTS) is 1. The average Bonchev–Trinajstić information content (AvgIpc) is 3.30. The van der Waals surface area contributed by atoms with Crippen LogP contribution in [0, 0.1) is 0 Å². The van der Waals surface area contributed by atoms with Gasteiger partial charge in [-0.05, 0) is 48.4 Å². The molecule has 16 nitrogen and oxygen atoms in total. The monoisotopic (exact) mass is 641 g/mol. The summed E-state index contributed by atoms with van der Waals surface area (Å²) in [6, 6.07) is 5.69. The lowest BCUT2D eigenvalue weighted by molar-refractivity contribution is -0.150. The number of fused-ring (bicyclic) bond motifs is 1. The van der Waals surface area contributed by atoms with Crippen LogP contribution in [0.2, 0.25) is 0 Å². The van der Waals surface area contributed by atoms with Crippen molar-refractivity contribution in [2.24, 2.45) is 0 Å². The number of thioether (sulfide) groups is 2. The lowest BCUT2D eigenvalue weighted by Crippen LogP contribution is -2.70. The molecule has 0 spiro atoms. The van der Waals surface area contributed by atoms with E-state index < -0.39 is 56.9 Å². The standard InChI is InChI=1S/C23H27N7O9S3/c1-23(2,3)39-22(35)24-14-7-5-4-6-12(14)8-15(31)25-16-18(32)30-17(20(33)34)13(9-40-19(16)30)10-41-21-26-27-28-29(21)11-42(36,37)38/h4-7,16,19H,8-11H2,1-3H3,(H,24,35)(H,25,31)(H,33,34)(H,36,37,38)/t16?,19-/m1/s1. The Balaban J connectivity index is 1.41. The second-order valence-electron chi connectivity index (χ2n) is 10.1. The number of carbonyl (C=O) groups is 4. The number of β-lactam (4-membered cyclic amide) rings is 1. The van der Waals surface area contributed by atoms with Crippen molar-refractivity contribution < 1.29 is 42.0 Å². The number of amides is 3. The number of hydrogen-bond donors (Lipinski definition) is 4. The fourth-order valence-electron chi connectivity index (χ4n) is 4.09. The number of aliphatic carboxylic acids is 1. The number of ether oxygens (including phenoxy) is 1. The number of carbonyl (C=O) groups excluding carboxylic acids is 3. The molecule has 2 aliphatic rings. The third kappa shape index (κ3) is 7.58. The molecular weight excluding hydrogens is 614 g/mol. The lowest BCUT2D eigenvalue weighted by atomic mass is 10.0. The number of nitrogens with zero attached hydrogens (tertiary/aromatic N) is 5. The highest BCUT2D eigenvalue weighted by molar-refractivity contribution is 8.01. The zero-order valence-corrected chi connectivity index (χ0v) is 25.0. The molecule has 1 aromatic heterocycles. The maximum absolute atomic E-state index is 13.0. The summed E-state index contributed by atoms with van der Waals surface area (Å²) in [5.74, 6) is -3.09. The second-order valence-corrected chi connectivity index (χ2v) is 13.6. The van der Waals surface area contributed by atoms with E-state index in [0.29, 0.717) is 16.8 Å². The normalized spacial score (nSPS) is 18.7. The van der Waals surface area contributed by atoms with E-state index in [2.05, 4.69) is 26.2 Å². The predicted molar refractivity (Wildman–Crippen MR) is 150 cm³/mol. The zero-order chi connectivity index (χ0) is 30.8. The number of aromatic nitrogens is 4. The number of rotatable bonds is 10. The first-order chi connectivity index (χ1) is 19.6. The van der Waals surface area contributed by atoms with Gasteiger partial charge in [0.25, 0.3) is 16.0 Å². The smallest absolute Gasteiger partial charge is 0.412 e. The van der Waals surface area contributed by atoms with Crippen LogP contribution in [0.3, 0.4) is 0 Å². The predicted octanol–water partition coefficient (Wildman–Crippen LogP) is 0.939. The summed E-state index contributed by atoms with van der Waals surface area (Å²) < 4.78 is 37.5. The Kier molecular flexibility index (Phi) is 9.14. The zero-order valence-electron chi connectivity index (χ0n) is 22.5. The topological polar surface area (TPSA) is 223 Å². The maximum Gasteiger partial charge on any atom is 0.412 e. The van der Waals surface area contributed by atoms with Crippen LogP contribution in [-0.2, 0) is 41.5 Å². The SMILES string of the molecule is CC(C)(C)OC(=O)Nc1ccccc1CC(=O)NC1C(=O)N2C(C(=O)O)=C(CSc3nnnn3CS(=O)(=O)O)CS[C@H]12. The molecule has 3 heterocycles. The van der Waals surface area contributed by atoms with Crippen LogP contribution < -0.4 is 10.6 Å². The summed E-state index contributed by atoms with van der Waals surface area (Å²) >= 11 is 2.20. The highest BCUT2D eigenvalue weighted by atomic mass is 32.2. The average molecular weight is 642 g/mol. The number of hydrogen-bond acceptors (Lipinski definition) is 12. The van der Waals surface area contributed by atoms with Gasteiger partial charge in [0.15, 0.2) is 5.88 Å². The third-order valence-electron chi connectivity index (χ3n) is 5.73. The van der Waals surface area contributed by atoms with E-state index in [4.69, 9.17) is 9.29 Å². The molecule has 2 atom stereocenters. The Hall–Kier alpha value is -3.68. The maximum atomic E-state index is 13.0. The van der Waals surface area contributed by atoms with Crippen LogP contribution in [-0.4, -0.2) is 95.6 Å². The fourth-order valence-corrected chi connectivity index (χ4v) is 7.02. The van der Waals surface area contributed by atoms with Crippen molar-refractivity contribution in [2.75, 3.05) is 16.8 Å². The third-order valence-corrected chi connectivity index (χ3v) is 8.68. The molecule has 1 aromatic carbocycles. The van der Waals surface area contributed by atoms with E-state index in [9.17, 15) is 32.7 Å². The molecule has 4 rings (SSSR count). The minimum atomic E-state index is -4.42. The van der Waals surface area contributed by atoms with E-state index in [0.717, 1.165) is 21.3 Å². The summed E-state index contributed by atoms with van der Waals surface area (Å²) in [7, 11) is -4.42. The first-order valence-corrected chi connectivity index (χ1v) is 15.9. The van der Waals surface area contributed by atoms with Gasteiger partial charge in [-0.3, -0.25) is 24.4 Å². The van der Waals surface area contributed by atoms with Gasteiger partial charge < -0.3 is 15.2 Å². The Morgan fingerprint density at radius 1 is 1.24 bits per heavy atom. The quantitative estimate of drug-likeness (QED) is 0.161. The molecule has 1 fully saturated rings. The van der Waals surface area contributed by atoms with Crippen molar-refractivity contribution in [1.82, 2.24) is 30.4 Å². The van der Waals surface area contributed by atoms with Gasteiger partial charge in [-0.1, -0.05) is 30.0 Å². The van der Waals surface area contributed by atoms with Crippen molar-refractivity contribution in [3.63, 3.8) is 0 Å². The number of tetrazole rings is 1. The van der Waals surface area contributed by atoms with Gasteiger partial charge in [0.05, 0.1) is 6.42 Å². The molecule has 4 N–H and O–H groups in total. The summed E-state index contributed by atoms with van der Waals surface area (Å²) in [6.45, 7) is 5.16. The van der Waals surface area contributed by atoms with Crippen molar-refractivity contribution in [2.45, 2.75) is 55.2 Å². The van der Waals surface area contributed by atoms with Gasteiger partial charge in [0.1, 0.15) is 22.7 Å². The molecule has 0 aliphatic carbocycles. The molecule has 226 valence electrons. The van der Waals surface area contributed by atoms with Crippen molar-refractivity contribution in [3.05, 3.63) is 41.1 Å². The molecule has 2 aliphatic heterocycles. The molecule has 0 saturated carbocycles. The van der Waals surface area contributed by atoms with Crippen molar-refractivity contribution >= 4 is 63.2 Å². The minimum absolute atomic E-state index is 0.0233. The summed E-state index contributed by atoms with van der Waals surface area (Å²) in [6.07, 6.45) is -0.842. The van der Waals surface area contributed by atoms with E-state index in [-0.39, 0.29) is 28.8 Å². The van der Waals surface area contributed by atoms with Crippen LogP contribution in [0.5, 0.6) is 0 Å². The Morgan fingerprint density at radius 2 is 1.95 bits per heavy atom. The molecular formula is C23H27N7O9S3. The van der Waals surface area contributed by atoms with Crippen LogP contribution in [0.15, 0.2) is 40.7 Å². The van der Waals surface area contributed by atoms with Crippen LogP contribution in [0.1, 0.15) is 26.3 Å². The number of anilines is 1. The molecule has 0 radical (unpaired) electrons. The van der Waals surface area contributed by atoms with Crippen molar-refractivity contribution in [1.29, 1.82) is 0 Å². The highest BCUT2D eigenvalue weighted by Crippen LogP contribution is 2.41. The first-order valence-electron chi connectivity index (χ1n) is 12.2. The van der Waals surface area contributed by atoms with Crippen LogP contribution in [0.25, 0.3) is 0 Å². The minimum Gasteiger partial charge on any atom is -0.477 e. The van der Waals surface area contributed by atoms with E-state index in [1.54, 1.807) is 45.0 Å². The summed E-state index contributed by atoms with van der Waals surface area (Å²) in [4.78, 5) is 51.4. The Bertz CT molecular complexity index is 1550. The number of benzene rings is 1. The number of carboxylic acids is 1. The van der Waals surface area contributed by atoms with Crippen molar-refractivity contribution in [3.8, 4) is 0 Å². The highest BCUT2D eigenvalue weighted by Gasteiger charge is 2.54. The largest absolute Gasteiger partial charge is 0.477 e. The molecule has 3 amide bonds. The fraction of sp³-hybridized carbons (Fsp3) is 0.435.